The Hall–Kier alpha value is -1.88. The maximum absolute atomic E-state index is 11.9. The first-order valence-corrected chi connectivity index (χ1v) is 7.20. The number of carbonyl (C=O) groups excluding carboxylic acids is 1. The maximum atomic E-state index is 11.9. The van der Waals surface area contributed by atoms with Crippen LogP contribution in [0.2, 0.25) is 0 Å². The van der Waals surface area contributed by atoms with Crippen molar-refractivity contribution in [1.29, 1.82) is 0 Å². The Morgan fingerprint density at radius 2 is 1.90 bits per heavy atom. The highest BCUT2D eigenvalue weighted by Crippen LogP contribution is 2.12. The molecule has 0 bridgehead atoms. The number of aliphatic carboxylic acids is 1. The molecule has 1 aromatic rings. The molecule has 0 aliphatic carbocycles. The van der Waals surface area contributed by atoms with Gasteiger partial charge in [0.2, 0.25) is 5.91 Å². The van der Waals surface area contributed by atoms with E-state index in [9.17, 15) is 9.59 Å². The summed E-state index contributed by atoms with van der Waals surface area (Å²) in [5.41, 5.74) is 1.17. The van der Waals surface area contributed by atoms with E-state index in [0.717, 1.165) is 0 Å². The lowest BCUT2D eigenvalue weighted by atomic mass is 10.0. The third kappa shape index (κ3) is 5.55. The summed E-state index contributed by atoms with van der Waals surface area (Å²) >= 11 is 0. The molecule has 2 unspecified atom stereocenters. The number of hydrogen-bond donors (Lipinski definition) is 2. The van der Waals surface area contributed by atoms with Crippen LogP contribution in [0.25, 0.3) is 0 Å². The van der Waals surface area contributed by atoms with Crippen LogP contribution in [0.1, 0.15) is 31.7 Å². The van der Waals surface area contributed by atoms with E-state index < -0.39 is 12.0 Å². The molecular formula is C16H24N2O3. The van der Waals surface area contributed by atoms with Crippen LogP contribution in [0.5, 0.6) is 0 Å². The summed E-state index contributed by atoms with van der Waals surface area (Å²) in [6.45, 7) is 4.48. The van der Waals surface area contributed by atoms with E-state index in [0.29, 0.717) is 13.0 Å². The Balaban J connectivity index is 2.42. The predicted molar refractivity (Wildman–Crippen MR) is 82.2 cm³/mol. The summed E-state index contributed by atoms with van der Waals surface area (Å²) in [5, 5.41) is 11.9. The van der Waals surface area contributed by atoms with Crippen molar-refractivity contribution in [2.45, 2.75) is 32.2 Å². The fourth-order valence-electron chi connectivity index (χ4n) is 2.23. The fourth-order valence-corrected chi connectivity index (χ4v) is 2.23. The second-order valence-corrected chi connectivity index (χ2v) is 5.29. The van der Waals surface area contributed by atoms with Gasteiger partial charge in [-0.2, -0.15) is 0 Å². The van der Waals surface area contributed by atoms with Gasteiger partial charge in [0.1, 0.15) is 6.04 Å². The van der Waals surface area contributed by atoms with Gasteiger partial charge in [-0.15, -0.1) is 0 Å². The number of nitrogens with zero attached hydrogens (tertiary/aromatic N) is 1. The van der Waals surface area contributed by atoms with Crippen LogP contribution < -0.4 is 5.32 Å². The lowest BCUT2D eigenvalue weighted by Gasteiger charge is -2.23. The number of hydrogen-bond acceptors (Lipinski definition) is 3. The first kappa shape index (κ1) is 17.2. The monoisotopic (exact) mass is 292 g/mol. The summed E-state index contributed by atoms with van der Waals surface area (Å²) in [5.74, 6) is -0.827. The molecule has 116 valence electrons. The third-order valence-corrected chi connectivity index (χ3v) is 3.57. The maximum Gasteiger partial charge on any atom is 0.320 e. The normalized spacial score (nSPS) is 13.7. The van der Waals surface area contributed by atoms with Gasteiger partial charge < -0.3 is 10.4 Å². The van der Waals surface area contributed by atoms with Gasteiger partial charge in [0.25, 0.3) is 0 Å². The quantitative estimate of drug-likeness (QED) is 0.765. The minimum Gasteiger partial charge on any atom is -0.480 e. The average Bonchev–Trinajstić information content (AvgIpc) is 2.46. The Morgan fingerprint density at radius 1 is 1.29 bits per heavy atom. The zero-order valence-electron chi connectivity index (χ0n) is 12.9. The first-order valence-electron chi connectivity index (χ1n) is 7.20. The molecule has 1 amide bonds. The summed E-state index contributed by atoms with van der Waals surface area (Å²) in [4.78, 5) is 24.5. The Kier molecular flexibility index (Phi) is 6.88. The molecule has 1 aromatic carbocycles. The van der Waals surface area contributed by atoms with E-state index >= 15 is 0 Å². The summed E-state index contributed by atoms with van der Waals surface area (Å²) in [6, 6.07) is 9.34. The second-order valence-electron chi connectivity index (χ2n) is 5.29. The molecular weight excluding hydrogens is 268 g/mol. The number of carbonyl (C=O) groups is 2. The number of nitrogens with one attached hydrogen (secondary N) is 1. The molecule has 21 heavy (non-hydrogen) atoms. The van der Waals surface area contributed by atoms with Crippen molar-refractivity contribution in [3.8, 4) is 0 Å². The topological polar surface area (TPSA) is 69.6 Å². The molecule has 0 fully saturated rings. The van der Waals surface area contributed by atoms with E-state index in [2.05, 4.69) is 5.32 Å². The van der Waals surface area contributed by atoms with Crippen LogP contribution in [0, 0.1) is 0 Å². The molecule has 0 aliphatic heterocycles. The van der Waals surface area contributed by atoms with E-state index in [4.69, 9.17) is 5.11 Å². The fraction of sp³-hybridized carbons (Fsp3) is 0.500. The van der Waals surface area contributed by atoms with Gasteiger partial charge in [-0.1, -0.05) is 44.2 Å². The third-order valence-electron chi connectivity index (χ3n) is 3.57. The first-order chi connectivity index (χ1) is 9.95. The Bertz CT molecular complexity index is 462. The molecule has 0 saturated carbocycles. The number of likely N-dealkylation sites (N-methyl/N-ethyl adjacent to an activating group) is 1. The molecule has 2 N–H and O–H groups in total. The van der Waals surface area contributed by atoms with Gasteiger partial charge in [0.15, 0.2) is 0 Å². The molecule has 0 aliphatic rings. The van der Waals surface area contributed by atoms with Crippen LogP contribution in [-0.4, -0.2) is 48.1 Å². The zero-order valence-corrected chi connectivity index (χ0v) is 12.9. The van der Waals surface area contributed by atoms with Gasteiger partial charge in [-0.05, 0) is 24.9 Å². The van der Waals surface area contributed by atoms with Gasteiger partial charge >= 0.3 is 5.97 Å². The lowest BCUT2D eigenvalue weighted by Crippen LogP contribution is -2.44. The highest BCUT2D eigenvalue weighted by atomic mass is 16.4. The van der Waals surface area contributed by atoms with Crippen molar-refractivity contribution < 1.29 is 14.7 Å². The average molecular weight is 292 g/mol. The second kappa shape index (κ2) is 8.42. The standard InChI is InChI=1S/C16H24N2O3/c1-4-14(16(20)21)18(3)11-15(19)17-10-12(2)13-8-6-5-7-9-13/h5-9,12,14H,4,10-11H2,1-3H3,(H,17,19)(H,20,21). The highest BCUT2D eigenvalue weighted by Gasteiger charge is 2.22. The van der Waals surface area contributed by atoms with Crippen molar-refractivity contribution in [3.05, 3.63) is 35.9 Å². The molecule has 0 saturated heterocycles. The number of rotatable bonds is 8. The zero-order chi connectivity index (χ0) is 15.8. The smallest absolute Gasteiger partial charge is 0.320 e. The molecule has 0 spiro atoms. The van der Waals surface area contributed by atoms with E-state index in [1.54, 1.807) is 18.9 Å². The Morgan fingerprint density at radius 3 is 2.43 bits per heavy atom. The number of benzene rings is 1. The Labute approximate surface area is 126 Å². The highest BCUT2D eigenvalue weighted by molar-refractivity contribution is 5.79. The molecule has 1 rings (SSSR count). The van der Waals surface area contributed by atoms with Crippen LogP contribution in [0.4, 0.5) is 0 Å². The predicted octanol–water partition coefficient (Wildman–Crippen LogP) is 1.70. The largest absolute Gasteiger partial charge is 0.480 e. The number of carboxylic acid groups (broad SMARTS) is 1. The molecule has 5 heteroatoms. The summed E-state index contributed by atoms with van der Waals surface area (Å²) in [7, 11) is 1.66. The number of carboxylic acids is 1. The lowest BCUT2D eigenvalue weighted by molar-refractivity contribution is -0.143. The van der Waals surface area contributed by atoms with Gasteiger partial charge in [-0.25, -0.2) is 0 Å². The minimum atomic E-state index is -0.898. The SMILES string of the molecule is CCC(C(=O)O)N(C)CC(=O)NCC(C)c1ccccc1. The van der Waals surface area contributed by atoms with Crippen LogP contribution >= 0.6 is 0 Å². The number of amides is 1. The summed E-state index contributed by atoms with van der Waals surface area (Å²) < 4.78 is 0. The van der Waals surface area contributed by atoms with Gasteiger partial charge in [0.05, 0.1) is 6.54 Å². The molecule has 0 radical (unpaired) electrons. The van der Waals surface area contributed by atoms with Gasteiger partial charge in [-0.3, -0.25) is 14.5 Å². The van der Waals surface area contributed by atoms with Crippen molar-refractivity contribution in [1.82, 2.24) is 10.2 Å². The van der Waals surface area contributed by atoms with Crippen molar-refractivity contribution >= 4 is 11.9 Å². The minimum absolute atomic E-state index is 0.0896. The van der Waals surface area contributed by atoms with E-state index in [-0.39, 0.29) is 18.4 Å². The van der Waals surface area contributed by atoms with Crippen molar-refractivity contribution in [3.63, 3.8) is 0 Å². The van der Waals surface area contributed by atoms with Crippen LogP contribution in [0.15, 0.2) is 30.3 Å². The molecule has 2 atom stereocenters. The van der Waals surface area contributed by atoms with E-state index in [1.165, 1.54) is 5.56 Å². The van der Waals surface area contributed by atoms with Crippen molar-refractivity contribution in [2.24, 2.45) is 0 Å². The van der Waals surface area contributed by atoms with Crippen LogP contribution in [0.3, 0.4) is 0 Å². The van der Waals surface area contributed by atoms with Crippen LogP contribution in [-0.2, 0) is 9.59 Å². The molecule has 0 heterocycles. The van der Waals surface area contributed by atoms with E-state index in [1.807, 2.05) is 37.3 Å². The van der Waals surface area contributed by atoms with Gasteiger partial charge in [0, 0.05) is 6.54 Å². The molecule has 5 nitrogen and oxygen atoms in total. The molecule has 0 aromatic heterocycles. The van der Waals surface area contributed by atoms with Crippen molar-refractivity contribution in [2.75, 3.05) is 20.1 Å². The summed E-state index contributed by atoms with van der Waals surface area (Å²) in [6.07, 6.45) is 0.472.